The Morgan fingerprint density at radius 2 is 1.65 bits per heavy atom. The van der Waals surface area contributed by atoms with Crippen LogP contribution in [0, 0.1) is 0 Å². The van der Waals surface area contributed by atoms with Gasteiger partial charge >= 0.3 is 0 Å². The van der Waals surface area contributed by atoms with Gasteiger partial charge in [-0.1, -0.05) is 32.9 Å². The first kappa shape index (κ1) is 14.9. The fourth-order valence-electron chi connectivity index (χ4n) is 2.73. The molecule has 0 saturated heterocycles. The fraction of sp³-hybridized carbons (Fsp3) is 0.444. The normalized spacial score (nSPS) is 10.9. The van der Waals surface area contributed by atoms with E-state index in [4.69, 9.17) is 0 Å². The number of aromatic nitrogens is 1. The molecule has 0 radical (unpaired) electrons. The molecule has 2 rings (SSSR count). The van der Waals surface area contributed by atoms with Crippen molar-refractivity contribution >= 4 is 0 Å². The molecule has 0 spiro atoms. The molecular weight excluding hydrogens is 244 g/mol. The quantitative estimate of drug-likeness (QED) is 0.782. The minimum atomic E-state index is 0.898. The summed E-state index contributed by atoms with van der Waals surface area (Å²) in [5.74, 6) is 0. The molecule has 2 heteroatoms. The van der Waals surface area contributed by atoms with Gasteiger partial charge in [-0.05, 0) is 53.6 Å². The van der Waals surface area contributed by atoms with Gasteiger partial charge in [0.25, 0.3) is 0 Å². The predicted octanol–water partition coefficient (Wildman–Crippen LogP) is 3.99. The molecule has 1 heterocycles. The molecule has 0 aliphatic heterocycles. The summed E-state index contributed by atoms with van der Waals surface area (Å²) in [6, 6.07) is 8.92. The van der Waals surface area contributed by atoms with Crippen LogP contribution in [-0.4, -0.2) is 4.98 Å². The molecule has 0 amide bonds. The first-order chi connectivity index (χ1) is 9.78. The minimum Gasteiger partial charge on any atom is -0.364 e. The van der Waals surface area contributed by atoms with Crippen LogP contribution in [0.1, 0.15) is 48.7 Å². The van der Waals surface area contributed by atoms with E-state index in [9.17, 15) is 0 Å². The molecule has 0 saturated carbocycles. The average molecular weight is 270 g/mol. The van der Waals surface area contributed by atoms with Crippen LogP contribution in [0.5, 0.6) is 0 Å². The molecule has 20 heavy (non-hydrogen) atoms. The summed E-state index contributed by atoms with van der Waals surface area (Å²) < 4.78 is 0. The lowest BCUT2D eigenvalue weighted by Crippen LogP contribution is -2.16. The van der Waals surface area contributed by atoms with E-state index < -0.39 is 0 Å². The van der Waals surface area contributed by atoms with E-state index in [0.717, 1.165) is 32.4 Å². The summed E-state index contributed by atoms with van der Waals surface area (Å²) in [6.45, 7) is 8.59. The number of hydrogen-bond acceptors (Lipinski definition) is 1. The lowest BCUT2D eigenvalue weighted by atomic mass is 9.93. The SMILES string of the molecule is CCc1cc(CC)c(CNCc2ccc[nH]2)c(CC)c1. The van der Waals surface area contributed by atoms with Crippen molar-refractivity contribution in [3.05, 3.63) is 58.4 Å². The molecule has 1 aromatic heterocycles. The Labute approximate surface area is 122 Å². The molecule has 2 aromatic rings. The zero-order valence-electron chi connectivity index (χ0n) is 12.9. The summed E-state index contributed by atoms with van der Waals surface area (Å²) in [4.78, 5) is 3.24. The van der Waals surface area contributed by atoms with Crippen LogP contribution in [0.25, 0.3) is 0 Å². The monoisotopic (exact) mass is 270 g/mol. The fourth-order valence-corrected chi connectivity index (χ4v) is 2.73. The maximum absolute atomic E-state index is 3.56. The van der Waals surface area contributed by atoms with E-state index in [1.165, 1.54) is 27.9 Å². The summed E-state index contributed by atoms with van der Waals surface area (Å²) in [5.41, 5.74) is 7.21. The standard InChI is InChI=1S/C18H26N2/c1-4-14-10-15(5-2)18(16(6-3)11-14)13-19-12-17-8-7-9-20-17/h7-11,19-20H,4-6,12-13H2,1-3H3. The Morgan fingerprint density at radius 1 is 0.950 bits per heavy atom. The summed E-state index contributed by atoms with van der Waals surface area (Å²) in [7, 11) is 0. The number of benzene rings is 1. The van der Waals surface area contributed by atoms with Crippen LogP contribution in [0.3, 0.4) is 0 Å². The molecule has 0 aliphatic rings. The smallest absolute Gasteiger partial charge is 0.0360 e. The zero-order valence-corrected chi connectivity index (χ0v) is 12.9. The molecule has 0 aliphatic carbocycles. The highest BCUT2D eigenvalue weighted by Gasteiger charge is 2.08. The summed E-state index contributed by atoms with van der Waals surface area (Å²) in [5, 5.41) is 3.56. The van der Waals surface area contributed by atoms with E-state index in [-0.39, 0.29) is 0 Å². The van der Waals surface area contributed by atoms with Gasteiger partial charge in [0.05, 0.1) is 0 Å². The van der Waals surface area contributed by atoms with Gasteiger partial charge in [-0.3, -0.25) is 0 Å². The number of aryl methyl sites for hydroxylation is 3. The van der Waals surface area contributed by atoms with Crippen molar-refractivity contribution < 1.29 is 0 Å². The third-order valence-corrected chi connectivity index (χ3v) is 3.94. The molecule has 0 bridgehead atoms. The van der Waals surface area contributed by atoms with Crippen LogP contribution in [0.15, 0.2) is 30.5 Å². The highest BCUT2D eigenvalue weighted by molar-refractivity contribution is 5.39. The van der Waals surface area contributed by atoms with E-state index in [2.05, 4.69) is 49.3 Å². The van der Waals surface area contributed by atoms with Crippen LogP contribution in [-0.2, 0) is 32.4 Å². The highest BCUT2D eigenvalue weighted by Crippen LogP contribution is 2.20. The Bertz CT molecular complexity index is 501. The van der Waals surface area contributed by atoms with Gasteiger partial charge in [-0.25, -0.2) is 0 Å². The van der Waals surface area contributed by atoms with Crippen molar-refractivity contribution in [1.29, 1.82) is 0 Å². The second-order valence-electron chi connectivity index (χ2n) is 5.25. The Hall–Kier alpha value is -1.54. The van der Waals surface area contributed by atoms with Crippen molar-refractivity contribution in [2.24, 2.45) is 0 Å². The lowest BCUT2D eigenvalue weighted by Gasteiger charge is -2.16. The second kappa shape index (κ2) is 7.30. The van der Waals surface area contributed by atoms with E-state index >= 15 is 0 Å². The molecule has 2 N–H and O–H groups in total. The van der Waals surface area contributed by atoms with Crippen molar-refractivity contribution in [2.75, 3.05) is 0 Å². The summed E-state index contributed by atoms with van der Waals surface area (Å²) >= 11 is 0. The van der Waals surface area contributed by atoms with E-state index in [0.29, 0.717) is 0 Å². The van der Waals surface area contributed by atoms with Crippen LogP contribution in [0.4, 0.5) is 0 Å². The van der Waals surface area contributed by atoms with Crippen LogP contribution < -0.4 is 5.32 Å². The Kier molecular flexibility index (Phi) is 5.42. The maximum Gasteiger partial charge on any atom is 0.0360 e. The number of rotatable bonds is 7. The third kappa shape index (κ3) is 3.51. The zero-order chi connectivity index (χ0) is 14.4. The van der Waals surface area contributed by atoms with E-state index in [1.54, 1.807) is 0 Å². The first-order valence-corrected chi connectivity index (χ1v) is 7.74. The van der Waals surface area contributed by atoms with Crippen LogP contribution >= 0.6 is 0 Å². The average Bonchev–Trinajstić information content (AvgIpc) is 3.00. The van der Waals surface area contributed by atoms with Gasteiger partial charge in [0, 0.05) is 25.0 Å². The molecule has 0 atom stereocenters. The van der Waals surface area contributed by atoms with Gasteiger partial charge in [0.2, 0.25) is 0 Å². The van der Waals surface area contributed by atoms with Gasteiger partial charge in [0.15, 0.2) is 0 Å². The lowest BCUT2D eigenvalue weighted by molar-refractivity contribution is 0.672. The first-order valence-electron chi connectivity index (χ1n) is 7.74. The highest BCUT2D eigenvalue weighted by atomic mass is 14.9. The molecule has 2 nitrogen and oxygen atoms in total. The number of nitrogens with one attached hydrogen (secondary N) is 2. The topological polar surface area (TPSA) is 27.8 Å². The molecular formula is C18H26N2. The van der Waals surface area contributed by atoms with Gasteiger partial charge in [0.1, 0.15) is 0 Å². The largest absolute Gasteiger partial charge is 0.364 e. The molecule has 1 aromatic carbocycles. The predicted molar refractivity (Wildman–Crippen MR) is 85.9 cm³/mol. The third-order valence-electron chi connectivity index (χ3n) is 3.94. The molecule has 0 unspecified atom stereocenters. The van der Waals surface area contributed by atoms with Gasteiger partial charge in [-0.15, -0.1) is 0 Å². The van der Waals surface area contributed by atoms with E-state index in [1.807, 2.05) is 12.3 Å². The molecule has 0 fully saturated rings. The second-order valence-corrected chi connectivity index (χ2v) is 5.25. The van der Waals surface area contributed by atoms with Gasteiger partial charge in [-0.2, -0.15) is 0 Å². The number of aromatic amines is 1. The van der Waals surface area contributed by atoms with Crippen molar-refractivity contribution in [2.45, 2.75) is 53.1 Å². The molecule has 108 valence electrons. The summed E-state index contributed by atoms with van der Waals surface area (Å²) in [6.07, 6.45) is 5.32. The van der Waals surface area contributed by atoms with Crippen molar-refractivity contribution in [3.8, 4) is 0 Å². The number of hydrogen-bond donors (Lipinski definition) is 2. The Morgan fingerprint density at radius 3 is 2.15 bits per heavy atom. The number of H-pyrrole nitrogens is 1. The van der Waals surface area contributed by atoms with Crippen LogP contribution in [0.2, 0.25) is 0 Å². The minimum absolute atomic E-state index is 0.898. The maximum atomic E-state index is 3.56. The van der Waals surface area contributed by atoms with Gasteiger partial charge < -0.3 is 10.3 Å². The Balaban J connectivity index is 2.12. The van der Waals surface area contributed by atoms with Crippen molar-refractivity contribution in [1.82, 2.24) is 10.3 Å². The van der Waals surface area contributed by atoms with Crippen molar-refractivity contribution in [3.63, 3.8) is 0 Å².